The lowest BCUT2D eigenvalue weighted by Crippen LogP contribution is -2.20. The molecule has 2 heteroatoms. The zero-order valence-electron chi connectivity index (χ0n) is 12.7. The van der Waals surface area contributed by atoms with E-state index < -0.39 is 0 Å². The van der Waals surface area contributed by atoms with Crippen LogP contribution in [0.5, 0.6) is 0 Å². The van der Waals surface area contributed by atoms with Gasteiger partial charge in [0.1, 0.15) is 0 Å². The summed E-state index contributed by atoms with van der Waals surface area (Å²) in [6.07, 6.45) is 2.20. The van der Waals surface area contributed by atoms with E-state index in [-0.39, 0.29) is 0 Å². The van der Waals surface area contributed by atoms with Crippen LogP contribution in [0.1, 0.15) is 23.1 Å². The summed E-state index contributed by atoms with van der Waals surface area (Å²) in [6, 6.07) is 14.8. The Morgan fingerprint density at radius 1 is 1.05 bits per heavy atom. The normalized spacial score (nSPS) is 10.6. The van der Waals surface area contributed by atoms with Crippen LogP contribution in [0.4, 0.5) is 11.4 Å². The first-order valence-corrected chi connectivity index (χ1v) is 7.19. The number of nitrogens with zero attached hydrogens (tertiary/aromatic N) is 1. The molecule has 106 valence electrons. The molecule has 0 spiro atoms. The van der Waals surface area contributed by atoms with Gasteiger partial charge in [0.2, 0.25) is 0 Å². The Labute approximate surface area is 122 Å². The average molecular weight is 268 g/mol. The largest absolute Gasteiger partial charge is 0.399 e. The highest BCUT2D eigenvalue weighted by molar-refractivity contribution is 5.53. The Hall–Kier alpha value is -1.96. The van der Waals surface area contributed by atoms with Crippen LogP contribution in [0.15, 0.2) is 42.5 Å². The first-order chi connectivity index (χ1) is 9.56. The van der Waals surface area contributed by atoms with Crippen molar-refractivity contribution in [2.75, 3.05) is 24.2 Å². The first-order valence-electron chi connectivity index (χ1n) is 7.19. The number of hydrogen-bond donors (Lipinski definition) is 1. The molecule has 2 N–H and O–H groups in total. The molecule has 2 rings (SSSR count). The second kappa shape index (κ2) is 6.47. The average Bonchev–Trinajstić information content (AvgIpc) is 2.38. The molecule has 0 fully saturated rings. The van der Waals surface area contributed by atoms with E-state index in [9.17, 15) is 0 Å². The second-order valence-electron chi connectivity index (χ2n) is 5.56. The maximum atomic E-state index is 5.80. The minimum atomic E-state index is 0.852. The van der Waals surface area contributed by atoms with Crippen LogP contribution in [0.2, 0.25) is 0 Å². The van der Waals surface area contributed by atoms with Crippen molar-refractivity contribution in [1.29, 1.82) is 0 Å². The molecule has 0 bridgehead atoms. The summed E-state index contributed by atoms with van der Waals surface area (Å²) in [5.41, 5.74) is 12.0. The van der Waals surface area contributed by atoms with Crippen molar-refractivity contribution in [2.24, 2.45) is 0 Å². The lowest BCUT2D eigenvalue weighted by atomic mass is 10.1. The predicted molar refractivity (Wildman–Crippen MR) is 88.4 cm³/mol. The molecular formula is C18H24N2. The van der Waals surface area contributed by atoms with E-state index >= 15 is 0 Å². The molecule has 0 saturated heterocycles. The zero-order valence-corrected chi connectivity index (χ0v) is 12.7. The predicted octanol–water partition coefficient (Wildman–Crippen LogP) is 3.95. The Kier molecular flexibility index (Phi) is 4.67. The van der Waals surface area contributed by atoms with E-state index in [1.807, 2.05) is 12.1 Å². The van der Waals surface area contributed by atoms with Crippen LogP contribution in [0, 0.1) is 13.8 Å². The minimum absolute atomic E-state index is 0.852. The smallest absolute Gasteiger partial charge is 0.0393 e. The third-order valence-electron chi connectivity index (χ3n) is 3.67. The maximum Gasteiger partial charge on any atom is 0.0393 e. The van der Waals surface area contributed by atoms with Gasteiger partial charge in [-0.3, -0.25) is 0 Å². The second-order valence-corrected chi connectivity index (χ2v) is 5.56. The van der Waals surface area contributed by atoms with Crippen molar-refractivity contribution in [1.82, 2.24) is 0 Å². The first kappa shape index (κ1) is 14.4. The van der Waals surface area contributed by atoms with Crippen molar-refractivity contribution in [3.05, 3.63) is 59.2 Å². The summed E-state index contributed by atoms with van der Waals surface area (Å²) in [5.74, 6) is 0. The highest BCUT2D eigenvalue weighted by Gasteiger charge is 2.04. The third kappa shape index (κ3) is 3.77. The van der Waals surface area contributed by atoms with Gasteiger partial charge in [0, 0.05) is 25.0 Å². The SMILES string of the molecule is Cc1ccc(N(C)CCCc2cccc(N)c2)c(C)c1. The number of benzene rings is 2. The fraction of sp³-hybridized carbons (Fsp3) is 0.333. The van der Waals surface area contributed by atoms with Gasteiger partial charge in [0.25, 0.3) is 0 Å². The number of hydrogen-bond acceptors (Lipinski definition) is 2. The van der Waals surface area contributed by atoms with Gasteiger partial charge in [-0.2, -0.15) is 0 Å². The Morgan fingerprint density at radius 3 is 2.55 bits per heavy atom. The monoisotopic (exact) mass is 268 g/mol. The number of nitrogen functional groups attached to an aromatic ring is 1. The molecule has 2 aromatic carbocycles. The highest BCUT2D eigenvalue weighted by Crippen LogP contribution is 2.20. The van der Waals surface area contributed by atoms with Crippen LogP contribution in [-0.2, 0) is 6.42 Å². The fourth-order valence-electron chi connectivity index (χ4n) is 2.62. The molecular weight excluding hydrogens is 244 g/mol. The van der Waals surface area contributed by atoms with Gasteiger partial charge < -0.3 is 10.6 Å². The lowest BCUT2D eigenvalue weighted by molar-refractivity contribution is 0.784. The molecule has 0 aromatic heterocycles. The van der Waals surface area contributed by atoms with E-state index in [0.717, 1.165) is 25.1 Å². The number of nitrogens with two attached hydrogens (primary N) is 1. The number of anilines is 2. The molecule has 0 aliphatic heterocycles. The summed E-state index contributed by atoms with van der Waals surface area (Å²) in [7, 11) is 2.16. The summed E-state index contributed by atoms with van der Waals surface area (Å²) in [5, 5.41) is 0. The Bertz CT molecular complexity index is 575. The van der Waals surface area contributed by atoms with Gasteiger partial charge in [-0.15, -0.1) is 0 Å². The van der Waals surface area contributed by atoms with E-state index in [0.29, 0.717) is 0 Å². The van der Waals surface area contributed by atoms with Crippen LogP contribution < -0.4 is 10.6 Å². The van der Waals surface area contributed by atoms with Gasteiger partial charge in [-0.05, 0) is 56.0 Å². The third-order valence-corrected chi connectivity index (χ3v) is 3.67. The van der Waals surface area contributed by atoms with Gasteiger partial charge in [-0.25, -0.2) is 0 Å². The van der Waals surface area contributed by atoms with Crippen molar-refractivity contribution < 1.29 is 0 Å². The van der Waals surface area contributed by atoms with E-state index in [1.54, 1.807) is 0 Å². The van der Waals surface area contributed by atoms with Gasteiger partial charge in [-0.1, -0.05) is 29.8 Å². The molecule has 0 unspecified atom stereocenters. The lowest BCUT2D eigenvalue weighted by Gasteiger charge is -2.21. The van der Waals surface area contributed by atoms with Crippen LogP contribution in [0.25, 0.3) is 0 Å². The van der Waals surface area contributed by atoms with Crippen molar-refractivity contribution in [2.45, 2.75) is 26.7 Å². The van der Waals surface area contributed by atoms with Crippen LogP contribution in [0.3, 0.4) is 0 Å². The van der Waals surface area contributed by atoms with E-state index in [4.69, 9.17) is 5.73 Å². The maximum absolute atomic E-state index is 5.80. The minimum Gasteiger partial charge on any atom is -0.399 e. The summed E-state index contributed by atoms with van der Waals surface area (Å²) in [4.78, 5) is 2.33. The summed E-state index contributed by atoms with van der Waals surface area (Å²) >= 11 is 0. The standard InChI is InChI=1S/C18H24N2/c1-14-9-10-18(15(2)12-14)20(3)11-5-7-16-6-4-8-17(19)13-16/h4,6,8-10,12-13H,5,7,11,19H2,1-3H3. The van der Waals surface area contributed by atoms with Crippen molar-refractivity contribution >= 4 is 11.4 Å². The fourth-order valence-corrected chi connectivity index (χ4v) is 2.62. The number of rotatable bonds is 5. The van der Waals surface area contributed by atoms with Crippen LogP contribution in [-0.4, -0.2) is 13.6 Å². The molecule has 0 amide bonds. The molecule has 0 heterocycles. The van der Waals surface area contributed by atoms with Gasteiger partial charge in [0.05, 0.1) is 0 Å². The molecule has 0 saturated carbocycles. The molecule has 20 heavy (non-hydrogen) atoms. The van der Waals surface area contributed by atoms with Gasteiger partial charge >= 0.3 is 0 Å². The molecule has 2 nitrogen and oxygen atoms in total. The summed E-state index contributed by atoms with van der Waals surface area (Å²) < 4.78 is 0. The summed E-state index contributed by atoms with van der Waals surface area (Å²) in [6.45, 7) is 5.37. The van der Waals surface area contributed by atoms with Gasteiger partial charge in [0.15, 0.2) is 0 Å². The Morgan fingerprint density at radius 2 is 1.85 bits per heavy atom. The van der Waals surface area contributed by atoms with E-state index in [1.165, 1.54) is 22.4 Å². The molecule has 2 aromatic rings. The Balaban J connectivity index is 1.90. The molecule has 0 atom stereocenters. The zero-order chi connectivity index (χ0) is 14.5. The van der Waals surface area contributed by atoms with Crippen LogP contribution >= 0.6 is 0 Å². The number of aryl methyl sites for hydroxylation is 3. The molecule has 0 aliphatic rings. The van der Waals surface area contributed by atoms with Crippen molar-refractivity contribution in [3.63, 3.8) is 0 Å². The quantitative estimate of drug-likeness (QED) is 0.832. The molecule has 0 radical (unpaired) electrons. The topological polar surface area (TPSA) is 29.3 Å². The van der Waals surface area contributed by atoms with E-state index in [2.05, 4.69) is 56.1 Å². The van der Waals surface area contributed by atoms with Crippen molar-refractivity contribution in [3.8, 4) is 0 Å². The highest BCUT2D eigenvalue weighted by atomic mass is 15.1. The molecule has 0 aliphatic carbocycles.